The highest BCUT2D eigenvalue weighted by atomic mass is 32.2. The normalized spacial score (nSPS) is 14.2. The first-order valence-electron chi connectivity index (χ1n) is 5.19. The van der Waals surface area contributed by atoms with Gasteiger partial charge in [-0.15, -0.1) is 0 Å². The fourth-order valence-corrected chi connectivity index (χ4v) is 2.33. The number of nitrogens with zero attached hydrogens (tertiary/aromatic N) is 1. The van der Waals surface area contributed by atoms with Crippen molar-refractivity contribution in [2.24, 2.45) is 10.3 Å². The Balaban J connectivity index is 2.81. The second-order valence-corrected chi connectivity index (χ2v) is 5.20. The average Bonchev–Trinajstić information content (AvgIpc) is 2.16. The van der Waals surface area contributed by atoms with Crippen molar-refractivity contribution in [3.05, 3.63) is 35.6 Å². The van der Waals surface area contributed by atoms with Gasteiger partial charge in [0.25, 0.3) is 0 Å². The summed E-state index contributed by atoms with van der Waals surface area (Å²) in [6, 6.07) is 6.38. The fraction of sp³-hybridized carbons (Fsp3) is 0.417. The summed E-state index contributed by atoms with van der Waals surface area (Å²) < 4.78 is 28.9. The van der Waals surface area contributed by atoms with Crippen LogP contribution in [0.25, 0.3) is 0 Å². The first-order chi connectivity index (χ1) is 7.50. The zero-order valence-electron chi connectivity index (χ0n) is 9.74. The van der Waals surface area contributed by atoms with Gasteiger partial charge in [0.05, 0.1) is 17.1 Å². The molecule has 1 unspecified atom stereocenters. The molecule has 1 aromatic rings. The average molecular weight is 241 g/mol. The summed E-state index contributed by atoms with van der Waals surface area (Å²) in [5.41, 5.74) is 0.900. The fourth-order valence-electron chi connectivity index (χ4n) is 1.28. The van der Waals surface area contributed by atoms with Crippen molar-refractivity contribution in [1.82, 2.24) is 0 Å². The van der Waals surface area contributed by atoms with Crippen molar-refractivity contribution in [3.8, 4) is 0 Å². The zero-order chi connectivity index (χ0) is 12.1. The van der Waals surface area contributed by atoms with Crippen molar-refractivity contribution in [2.45, 2.75) is 20.8 Å². The largest absolute Gasteiger partial charge is 0.591 e. The van der Waals surface area contributed by atoms with Gasteiger partial charge in [0.1, 0.15) is 11.6 Å². The summed E-state index contributed by atoms with van der Waals surface area (Å²) >= 11 is -1.27. The molecule has 0 saturated carbocycles. The Morgan fingerprint density at radius 2 is 2.06 bits per heavy atom. The number of rotatable bonds is 4. The molecule has 0 fully saturated rings. The van der Waals surface area contributed by atoms with Gasteiger partial charge >= 0.3 is 0 Å². The van der Waals surface area contributed by atoms with E-state index in [-0.39, 0.29) is 5.82 Å². The third kappa shape index (κ3) is 3.94. The van der Waals surface area contributed by atoms with Crippen LogP contribution in [-0.4, -0.2) is 16.0 Å². The number of hydrogen-bond acceptors (Lipinski definition) is 2. The molecule has 16 heavy (non-hydrogen) atoms. The Bertz CT molecular complexity index is 379. The topological polar surface area (TPSA) is 35.4 Å². The molecule has 1 atom stereocenters. The Morgan fingerprint density at radius 3 is 2.62 bits per heavy atom. The molecule has 1 aromatic carbocycles. The monoisotopic (exact) mass is 241 g/mol. The van der Waals surface area contributed by atoms with Gasteiger partial charge in [-0.05, 0) is 13.0 Å². The van der Waals surface area contributed by atoms with Gasteiger partial charge in [0.2, 0.25) is 0 Å². The highest BCUT2D eigenvalue weighted by Gasteiger charge is 2.11. The summed E-state index contributed by atoms with van der Waals surface area (Å²) in [5, 5.41) is 0. The summed E-state index contributed by atoms with van der Waals surface area (Å²) in [6.07, 6.45) is 0. The molecule has 0 spiro atoms. The lowest BCUT2D eigenvalue weighted by Gasteiger charge is -2.07. The highest BCUT2D eigenvalue weighted by Crippen LogP contribution is 2.10. The quantitative estimate of drug-likeness (QED) is 0.589. The summed E-state index contributed by atoms with van der Waals surface area (Å²) in [7, 11) is 0. The third-order valence-corrected chi connectivity index (χ3v) is 3.41. The zero-order valence-corrected chi connectivity index (χ0v) is 10.6. The summed E-state index contributed by atoms with van der Waals surface area (Å²) in [5.74, 6) is 0.495. The van der Waals surface area contributed by atoms with E-state index in [2.05, 4.69) is 4.40 Å². The van der Waals surface area contributed by atoms with Gasteiger partial charge in [0.15, 0.2) is 0 Å². The molecular formula is C12H16FNOS. The van der Waals surface area contributed by atoms with E-state index in [4.69, 9.17) is 0 Å². The van der Waals surface area contributed by atoms with Crippen LogP contribution in [-0.2, 0) is 11.4 Å². The Labute approximate surface area is 98.9 Å². The lowest BCUT2D eigenvalue weighted by atomic mass is 10.1. The molecule has 0 aliphatic rings. The minimum absolute atomic E-state index is 0.318. The molecule has 2 nitrogen and oxygen atoms in total. The lowest BCUT2D eigenvalue weighted by Crippen LogP contribution is -2.11. The Kier molecular flexibility index (Phi) is 4.96. The van der Waals surface area contributed by atoms with Crippen LogP contribution in [0, 0.1) is 11.7 Å². The van der Waals surface area contributed by atoms with E-state index in [1.807, 2.05) is 13.8 Å². The Hall–Kier alpha value is -0.870. The van der Waals surface area contributed by atoms with Crippen LogP contribution in [0.1, 0.15) is 26.3 Å². The van der Waals surface area contributed by atoms with Gasteiger partial charge in [0, 0.05) is 11.5 Å². The molecule has 0 heterocycles. The lowest BCUT2D eigenvalue weighted by molar-refractivity contribution is 0.583. The van der Waals surface area contributed by atoms with Crippen LogP contribution in [0.3, 0.4) is 0 Å². The first-order valence-corrected chi connectivity index (χ1v) is 6.47. The molecule has 4 heteroatoms. The molecule has 0 N–H and O–H groups in total. The molecule has 0 bridgehead atoms. The molecule has 0 amide bonds. The SMILES string of the molecule is CC(=N[S+]([O-])CC(C)C)c1ccccc1F. The molecule has 88 valence electrons. The van der Waals surface area contributed by atoms with Gasteiger partial charge < -0.3 is 4.55 Å². The first kappa shape index (κ1) is 13.2. The van der Waals surface area contributed by atoms with E-state index < -0.39 is 11.4 Å². The van der Waals surface area contributed by atoms with Crippen LogP contribution in [0.2, 0.25) is 0 Å². The minimum Gasteiger partial charge on any atom is -0.591 e. The molecule has 1 rings (SSSR count). The predicted octanol–water partition coefficient (Wildman–Crippen LogP) is 2.95. The molecule has 0 saturated heterocycles. The molecule has 0 radical (unpaired) electrons. The molecule has 0 aromatic heterocycles. The maximum absolute atomic E-state index is 13.4. The van der Waals surface area contributed by atoms with Gasteiger partial charge in [-0.1, -0.05) is 36.4 Å². The van der Waals surface area contributed by atoms with E-state index in [0.29, 0.717) is 22.9 Å². The number of halogens is 1. The molecule has 0 aliphatic heterocycles. The molecule has 0 aliphatic carbocycles. The maximum Gasteiger partial charge on any atom is 0.135 e. The van der Waals surface area contributed by atoms with Crippen LogP contribution in [0.15, 0.2) is 28.7 Å². The number of benzene rings is 1. The van der Waals surface area contributed by atoms with Crippen molar-refractivity contribution in [2.75, 3.05) is 5.75 Å². The van der Waals surface area contributed by atoms with E-state index in [1.54, 1.807) is 25.1 Å². The van der Waals surface area contributed by atoms with E-state index >= 15 is 0 Å². The van der Waals surface area contributed by atoms with E-state index in [9.17, 15) is 8.94 Å². The minimum atomic E-state index is -1.27. The van der Waals surface area contributed by atoms with Crippen molar-refractivity contribution >= 4 is 17.1 Å². The second kappa shape index (κ2) is 6.01. The van der Waals surface area contributed by atoms with Gasteiger partial charge in [-0.25, -0.2) is 4.39 Å². The van der Waals surface area contributed by atoms with E-state index in [1.165, 1.54) is 6.07 Å². The van der Waals surface area contributed by atoms with E-state index in [0.717, 1.165) is 0 Å². The van der Waals surface area contributed by atoms with Crippen LogP contribution >= 0.6 is 0 Å². The number of hydrogen-bond donors (Lipinski definition) is 0. The summed E-state index contributed by atoms with van der Waals surface area (Å²) in [6.45, 7) is 5.63. The van der Waals surface area contributed by atoms with Gasteiger partial charge in [-0.3, -0.25) is 0 Å². The van der Waals surface area contributed by atoms with Crippen LogP contribution in [0.4, 0.5) is 4.39 Å². The van der Waals surface area contributed by atoms with Crippen LogP contribution < -0.4 is 0 Å². The van der Waals surface area contributed by atoms with Gasteiger partial charge in [-0.2, -0.15) is 0 Å². The summed E-state index contributed by atoms with van der Waals surface area (Å²) in [4.78, 5) is 0. The molecular weight excluding hydrogens is 225 g/mol. The van der Waals surface area contributed by atoms with Crippen LogP contribution in [0.5, 0.6) is 0 Å². The predicted molar refractivity (Wildman–Crippen MR) is 66.5 cm³/mol. The second-order valence-electron chi connectivity index (χ2n) is 4.04. The maximum atomic E-state index is 13.4. The standard InChI is InChI=1S/C12H16FNOS/c1-9(2)8-16(15)14-10(3)11-6-4-5-7-12(11)13/h4-7,9H,8H2,1-3H3. The smallest absolute Gasteiger partial charge is 0.135 e. The van der Waals surface area contributed by atoms with Crippen molar-refractivity contribution in [3.63, 3.8) is 0 Å². The van der Waals surface area contributed by atoms with Crippen molar-refractivity contribution < 1.29 is 8.94 Å². The third-order valence-electron chi connectivity index (χ3n) is 1.98. The van der Waals surface area contributed by atoms with Crippen molar-refractivity contribution in [1.29, 1.82) is 0 Å². The highest BCUT2D eigenvalue weighted by molar-refractivity contribution is 7.90. The Morgan fingerprint density at radius 1 is 1.44 bits per heavy atom.